The summed E-state index contributed by atoms with van der Waals surface area (Å²) in [5.74, 6) is -3.35. The van der Waals surface area contributed by atoms with Crippen LogP contribution in [-0.2, 0) is 48.7 Å². The van der Waals surface area contributed by atoms with Crippen LogP contribution in [-0.4, -0.2) is 74.7 Å². The van der Waals surface area contributed by atoms with Gasteiger partial charge < -0.3 is 39.8 Å². The van der Waals surface area contributed by atoms with Gasteiger partial charge in [0.15, 0.2) is 11.5 Å². The van der Waals surface area contributed by atoms with Gasteiger partial charge in [0.2, 0.25) is 0 Å². The first-order valence-electron chi connectivity index (χ1n) is 27.6. The van der Waals surface area contributed by atoms with Gasteiger partial charge in [-0.05, 0) is 94.0 Å². The van der Waals surface area contributed by atoms with Crippen molar-refractivity contribution >= 4 is 57.4 Å². The predicted molar refractivity (Wildman–Crippen MR) is 318 cm³/mol. The summed E-state index contributed by atoms with van der Waals surface area (Å²) in [6, 6.07) is 51.6. The summed E-state index contributed by atoms with van der Waals surface area (Å²) >= 11 is 0. The Hall–Kier alpha value is -11.1. The molecule has 0 spiro atoms. The molecule has 10 aromatic rings. The van der Waals surface area contributed by atoms with Crippen molar-refractivity contribution in [2.45, 2.75) is 45.4 Å². The van der Waals surface area contributed by atoms with Crippen molar-refractivity contribution in [1.29, 1.82) is 0 Å². The van der Waals surface area contributed by atoms with Crippen molar-refractivity contribution in [1.82, 2.24) is 30.4 Å². The highest BCUT2D eigenvalue weighted by Crippen LogP contribution is 2.44. The number of hydrogen-bond donors (Lipinski definition) is 3. The molecule has 2 aliphatic heterocycles. The van der Waals surface area contributed by atoms with Crippen LogP contribution in [0.1, 0.15) is 113 Å². The van der Waals surface area contributed by atoms with E-state index < -0.39 is 35.8 Å². The van der Waals surface area contributed by atoms with E-state index in [1.54, 1.807) is 108 Å². The van der Waals surface area contributed by atoms with Gasteiger partial charge in [-0.3, -0.25) is 29.1 Å². The minimum atomic E-state index is -0.590. The number of carbonyl (C=O) groups excluding carboxylic acids is 6. The van der Waals surface area contributed by atoms with E-state index in [0.717, 1.165) is 16.7 Å². The standard InChI is InChI=1S/C41H32FN3O5.C28H22FN3O5/c1-49-41(48)30-15-8-10-27(22-30)23-44-39(46)34-32-16-9-21-43-36(32)38(50-37(28-11-4-2-5-12-28)29-13-6-3-7-14-29)35-33(34)25-45(40(35)47)24-26-17-19-31(42)20-18-26;1-37-28(36)18-5-2-4-17(12-18)13-31-26(34)22-20-6-3-11-30-24(20)25(33)23-21(22)15-32(27(23)35)14-16-7-9-19(29)10-8-16/h2-22,37H,23-25H2,1H3,(H,44,46);2-12,33H,13-15H2,1H3,(H,31,34). The molecular formula is C69H54F2N6O10. The molecule has 4 amide bonds. The minimum Gasteiger partial charge on any atom is -0.505 e. The molecule has 16 nitrogen and oxygen atoms in total. The maximum atomic E-state index is 14.4. The number of pyridine rings is 2. The normalized spacial score (nSPS) is 12.3. The summed E-state index contributed by atoms with van der Waals surface area (Å²) in [6.45, 7) is 0.820. The number of aromatic hydroxyl groups is 1. The SMILES string of the molecule is COC(=O)c1cccc(CNC(=O)c2c3c(c(O)c4ncccc24)C(=O)N(Cc2ccc(F)cc2)C3)c1.COC(=O)c1cccc(CNC(=O)c2c3c(c(OC(c4ccccc4)c4ccccc4)c4ncccc24)C(=O)N(Cc2ccc(F)cc2)C3)c1. The van der Waals surface area contributed by atoms with Crippen LogP contribution in [0.5, 0.6) is 11.5 Å². The summed E-state index contributed by atoms with van der Waals surface area (Å²) in [5, 5.41) is 17.7. The zero-order valence-corrected chi connectivity index (χ0v) is 47.0. The first kappa shape index (κ1) is 57.7. The van der Waals surface area contributed by atoms with E-state index in [4.69, 9.17) is 14.2 Å². The summed E-state index contributed by atoms with van der Waals surface area (Å²) < 4.78 is 43.6. The van der Waals surface area contributed by atoms with Gasteiger partial charge in [0.25, 0.3) is 23.6 Å². The monoisotopic (exact) mass is 1160 g/mol. The first-order valence-corrected chi connectivity index (χ1v) is 27.6. The molecule has 434 valence electrons. The molecule has 2 aromatic heterocycles. The maximum absolute atomic E-state index is 14.4. The van der Waals surface area contributed by atoms with Crippen LogP contribution in [0.2, 0.25) is 0 Å². The number of fused-ring (bicyclic) bond motifs is 4. The van der Waals surface area contributed by atoms with Gasteiger partial charge in [0.05, 0.1) is 47.6 Å². The molecule has 8 aromatic carbocycles. The van der Waals surface area contributed by atoms with Crippen LogP contribution in [0, 0.1) is 11.6 Å². The van der Waals surface area contributed by atoms with Gasteiger partial charge in [-0.2, -0.15) is 0 Å². The number of aromatic nitrogens is 2. The van der Waals surface area contributed by atoms with Crippen LogP contribution in [0.25, 0.3) is 21.8 Å². The highest BCUT2D eigenvalue weighted by molar-refractivity contribution is 6.17. The van der Waals surface area contributed by atoms with Crippen LogP contribution < -0.4 is 15.4 Å². The quantitative estimate of drug-likeness (QED) is 0.0773. The number of nitrogens with zero attached hydrogens (tertiary/aromatic N) is 4. The van der Waals surface area contributed by atoms with E-state index in [1.165, 1.54) is 49.6 Å². The summed E-state index contributed by atoms with van der Waals surface area (Å²) in [7, 11) is 2.61. The lowest BCUT2D eigenvalue weighted by Gasteiger charge is -2.23. The third-order valence-corrected chi connectivity index (χ3v) is 15.0. The zero-order valence-electron chi connectivity index (χ0n) is 47.0. The van der Waals surface area contributed by atoms with Crippen LogP contribution in [0.3, 0.4) is 0 Å². The molecule has 87 heavy (non-hydrogen) atoms. The fourth-order valence-electron chi connectivity index (χ4n) is 10.9. The molecule has 0 radical (unpaired) electrons. The molecule has 18 heteroatoms. The molecule has 0 atom stereocenters. The molecule has 2 aliphatic rings. The number of rotatable bonds is 16. The number of amides is 4. The predicted octanol–water partition coefficient (Wildman–Crippen LogP) is 11.4. The molecule has 0 aliphatic carbocycles. The molecule has 12 rings (SSSR count). The summed E-state index contributed by atoms with van der Waals surface area (Å²) in [4.78, 5) is 91.4. The van der Waals surface area contributed by atoms with E-state index in [2.05, 4.69) is 20.6 Å². The third kappa shape index (κ3) is 12.1. The molecule has 0 unspecified atom stereocenters. The second-order valence-electron chi connectivity index (χ2n) is 20.6. The number of phenolic OH excluding ortho intramolecular Hbond substituents is 1. The van der Waals surface area contributed by atoms with Crippen molar-refractivity contribution < 1.29 is 56.9 Å². The van der Waals surface area contributed by atoms with Gasteiger partial charge in [0, 0.05) is 73.6 Å². The van der Waals surface area contributed by atoms with Crippen molar-refractivity contribution in [2.75, 3.05) is 14.2 Å². The number of carbonyl (C=O) groups is 6. The third-order valence-electron chi connectivity index (χ3n) is 15.0. The average molecular weight is 1170 g/mol. The van der Waals surface area contributed by atoms with Crippen LogP contribution >= 0.6 is 0 Å². The van der Waals surface area contributed by atoms with Gasteiger partial charge in [-0.15, -0.1) is 0 Å². The highest BCUT2D eigenvalue weighted by Gasteiger charge is 2.39. The van der Waals surface area contributed by atoms with Crippen molar-refractivity contribution in [3.05, 3.63) is 284 Å². The highest BCUT2D eigenvalue weighted by atomic mass is 19.1. The second kappa shape index (κ2) is 25.4. The van der Waals surface area contributed by atoms with E-state index in [0.29, 0.717) is 60.8 Å². The van der Waals surface area contributed by atoms with E-state index in [1.807, 2.05) is 60.7 Å². The maximum Gasteiger partial charge on any atom is 0.337 e. The lowest BCUT2D eigenvalue weighted by Crippen LogP contribution is -2.25. The average Bonchev–Trinajstić information content (AvgIpc) is 1.85. The van der Waals surface area contributed by atoms with E-state index in [-0.39, 0.29) is 90.5 Å². The Labute approximate surface area is 497 Å². The fourth-order valence-corrected chi connectivity index (χ4v) is 10.9. The lowest BCUT2D eigenvalue weighted by atomic mass is 9.95. The number of benzene rings is 8. The van der Waals surface area contributed by atoms with Gasteiger partial charge in [-0.25, -0.2) is 18.4 Å². The summed E-state index contributed by atoms with van der Waals surface area (Å²) in [5.41, 5.74) is 7.57. The summed E-state index contributed by atoms with van der Waals surface area (Å²) in [6.07, 6.45) is 2.49. The molecule has 0 saturated carbocycles. The molecule has 0 bridgehead atoms. The Balaban J connectivity index is 0.000000189. The lowest BCUT2D eigenvalue weighted by molar-refractivity contribution is 0.0591. The van der Waals surface area contributed by atoms with E-state index in [9.17, 15) is 42.7 Å². The van der Waals surface area contributed by atoms with Gasteiger partial charge >= 0.3 is 11.9 Å². The Morgan fingerprint density at radius 3 is 1.44 bits per heavy atom. The number of nitrogens with one attached hydrogen (secondary N) is 2. The zero-order chi connectivity index (χ0) is 60.7. The number of halogens is 2. The van der Waals surface area contributed by atoms with Crippen molar-refractivity contribution in [3.8, 4) is 11.5 Å². The number of hydrogen-bond acceptors (Lipinski definition) is 12. The van der Waals surface area contributed by atoms with Crippen LogP contribution in [0.4, 0.5) is 8.78 Å². The van der Waals surface area contributed by atoms with Crippen molar-refractivity contribution in [2.24, 2.45) is 0 Å². The topological polar surface area (TPSA) is 207 Å². The van der Waals surface area contributed by atoms with E-state index >= 15 is 0 Å². The molecule has 0 fully saturated rings. The second-order valence-corrected chi connectivity index (χ2v) is 20.6. The minimum absolute atomic E-state index is 0.0335. The smallest absolute Gasteiger partial charge is 0.337 e. The number of phenols is 1. The Kier molecular flexibility index (Phi) is 16.8. The fraction of sp³-hybridized carbons (Fsp3) is 0.130. The van der Waals surface area contributed by atoms with Crippen LogP contribution in [0.15, 0.2) is 194 Å². The first-order chi connectivity index (χ1) is 42.3. The molecule has 4 heterocycles. The Bertz CT molecular complexity index is 4260. The Morgan fingerprint density at radius 1 is 0.529 bits per heavy atom. The number of esters is 2. The molecule has 0 saturated heterocycles. The Morgan fingerprint density at radius 2 is 0.966 bits per heavy atom. The van der Waals surface area contributed by atoms with Gasteiger partial charge in [0.1, 0.15) is 28.8 Å². The largest absolute Gasteiger partial charge is 0.505 e. The molecule has 3 N–H and O–H groups in total. The number of methoxy groups -OCH3 is 2. The van der Waals surface area contributed by atoms with Gasteiger partial charge in [-0.1, -0.05) is 121 Å². The number of ether oxygens (including phenoxy) is 3. The molecular weight excluding hydrogens is 1110 g/mol. The van der Waals surface area contributed by atoms with Crippen molar-refractivity contribution in [3.63, 3.8) is 0 Å².